The van der Waals surface area contributed by atoms with Gasteiger partial charge in [0.15, 0.2) is 5.78 Å². The summed E-state index contributed by atoms with van der Waals surface area (Å²) in [4.78, 5) is 12.2. The summed E-state index contributed by atoms with van der Waals surface area (Å²) in [5.74, 6) is 2.01. The number of carbonyl (C=O) groups is 1. The van der Waals surface area contributed by atoms with Crippen molar-refractivity contribution in [3.63, 3.8) is 0 Å². The third-order valence-corrected chi connectivity index (χ3v) is 3.87. The van der Waals surface area contributed by atoms with Gasteiger partial charge in [-0.2, -0.15) is 8.78 Å². The first kappa shape index (κ1) is 20.1. The molecule has 0 unspecified atom stereocenters. The molecule has 0 fully saturated rings. The fraction of sp³-hybridized carbons (Fsp3) is 0.136. The minimum absolute atomic E-state index is 0.0739. The van der Waals surface area contributed by atoms with Crippen molar-refractivity contribution in [2.45, 2.75) is 13.2 Å². The molecule has 0 N–H and O–H groups in total. The molecule has 150 valence electrons. The molecule has 0 atom stereocenters. The molecule has 29 heavy (non-hydrogen) atoms. The van der Waals surface area contributed by atoms with Crippen LogP contribution in [0.3, 0.4) is 0 Å². The summed E-state index contributed by atoms with van der Waals surface area (Å²) in [5, 5.41) is 0. The minimum atomic E-state index is -2.95. The second-order valence-corrected chi connectivity index (χ2v) is 5.87. The van der Waals surface area contributed by atoms with Crippen LogP contribution in [0, 0.1) is 0 Å². The van der Waals surface area contributed by atoms with Gasteiger partial charge >= 0.3 is 6.61 Å². The Morgan fingerprint density at radius 3 is 2.52 bits per heavy atom. The highest BCUT2D eigenvalue weighted by atomic mass is 19.3. The molecule has 0 bridgehead atoms. The summed E-state index contributed by atoms with van der Waals surface area (Å²) in [5.41, 5.74) is 0.231. The second-order valence-electron chi connectivity index (χ2n) is 5.87. The highest BCUT2D eigenvalue weighted by Crippen LogP contribution is 2.20. The normalized spacial score (nSPS) is 11.0. The summed E-state index contributed by atoms with van der Waals surface area (Å²) in [6, 6.07) is 16.2. The molecule has 0 radical (unpaired) electrons. The number of furan rings is 1. The van der Waals surface area contributed by atoms with E-state index >= 15 is 0 Å². The average molecular weight is 400 g/mol. The smallest absolute Gasteiger partial charge is 0.387 e. The number of hydrogen-bond acceptors (Lipinski definition) is 5. The molecule has 0 saturated heterocycles. The Morgan fingerprint density at radius 1 is 1.03 bits per heavy atom. The van der Waals surface area contributed by atoms with Crippen molar-refractivity contribution >= 4 is 11.9 Å². The van der Waals surface area contributed by atoms with Crippen molar-refractivity contribution in [1.29, 1.82) is 0 Å². The topological polar surface area (TPSA) is 57.9 Å². The van der Waals surface area contributed by atoms with E-state index < -0.39 is 6.61 Å². The number of hydrogen-bond donors (Lipinski definition) is 0. The third-order valence-electron chi connectivity index (χ3n) is 3.87. The SMILES string of the molecule is COc1ccc(OCc2ccc(/C=C/C(=O)c3cccc(OC(F)F)c3)o2)cc1. The Kier molecular flexibility index (Phi) is 6.63. The Bertz CT molecular complexity index is 977. The molecule has 0 aliphatic carbocycles. The maximum absolute atomic E-state index is 12.3. The van der Waals surface area contributed by atoms with Crippen molar-refractivity contribution in [3.05, 3.63) is 83.8 Å². The zero-order valence-electron chi connectivity index (χ0n) is 15.5. The zero-order valence-corrected chi connectivity index (χ0v) is 15.5. The molecule has 7 heteroatoms. The first-order valence-electron chi connectivity index (χ1n) is 8.66. The van der Waals surface area contributed by atoms with Crippen molar-refractivity contribution in [1.82, 2.24) is 0 Å². The van der Waals surface area contributed by atoms with Crippen LogP contribution in [0.25, 0.3) is 6.08 Å². The number of ether oxygens (including phenoxy) is 3. The first-order chi connectivity index (χ1) is 14.0. The van der Waals surface area contributed by atoms with E-state index in [1.807, 2.05) is 0 Å². The lowest BCUT2D eigenvalue weighted by Gasteiger charge is -2.05. The van der Waals surface area contributed by atoms with Crippen LogP contribution in [-0.2, 0) is 6.61 Å². The standard InChI is InChI=1S/C22H18F2O5/c1-26-16-5-7-17(8-6-16)27-14-20-10-9-18(28-20)11-12-21(25)15-3-2-4-19(13-15)29-22(23)24/h2-13,22H,14H2,1H3/b12-11+. The number of halogens is 2. The number of benzene rings is 2. The third kappa shape index (κ3) is 5.93. The maximum atomic E-state index is 12.3. The predicted molar refractivity (Wildman–Crippen MR) is 102 cm³/mol. The van der Waals surface area contributed by atoms with Crippen LogP contribution in [-0.4, -0.2) is 19.5 Å². The molecule has 0 saturated carbocycles. The van der Waals surface area contributed by atoms with Crippen LogP contribution in [0.15, 0.2) is 71.2 Å². The van der Waals surface area contributed by atoms with Gasteiger partial charge in [-0.15, -0.1) is 0 Å². The summed E-state index contributed by atoms with van der Waals surface area (Å²) < 4.78 is 45.2. The Balaban J connectivity index is 1.57. The Hall–Kier alpha value is -3.61. The fourth-order valence-electron chi connectivity index (χ4n) is 2.47. The molecule has 1 heterocycles. The van der Waals surface area contributed by atoms with Crippen LogP contribution in [0.5, 0.6) is 17.2 Å². The van der Waals surface area contributed by atoms with Crippen LogP contribution in [0.1, 0.15) is 21.9 Å². The lowest BCUT2D eigenvalue weighted by atomic mass is 10.1. The van der Waals surface area contributed by atoms with Gasteiger partial charge in [-0.1, -0.05) is 12.1 Å². The van der Waals surface area contributed by atoms with Gasteiger partial charge < -0.3 is 18.6 Å². The van der Waals surface area contributed by atoms with Crippen molar-refractivity contribution in [2.75, 3.05) is 7.11 Å². The molecular formula is C22H18F2O5. The minimum Gasteiger partial charge on any atom is -0.497 e. The van der Waals surface area contributed by atoms with Gasteiger partial charge in [-0.05, 0) is 60.7 Å². The summed E-state index contributed by atoms with van der Waals surface area (Å²) >= 11 is 0. The van der Waals surface area contributed by atoms with Gasteiger partial charge in [0.05, 0.1) is 7.11 Å². The molecule has 0 aliphatic rings. The van der Waals surface area contributed by atoms with Crippen LogP contribution < -0.4 is 14.2 Å². The summed E-state index contributed by atoms with van der Waals surface area (Å²) in [6.45, 7) is -2.72. The van der Waals surface area contributed by atoms with Gasteiger partial charge in [0.25, 0.3) is 0 Å². The quantitative estimate of drug-likeness (QED) is 0.357. The van der Waals surface area contributed by atoms with E-state index in [1.54, 1.807) is 43.5 Å². The van der Waals surface area contributed by atoms with E-state index in [0.717, 1.165) is 5.75 Å². The highest BCUT2D eigenvalue weighted by molar-refractivity contribution is 6.06. The molecule has 2 aromatic carbocycles. The number of methoxy groups -OCH3 is 1. The van der Waals surface area contributed by atoms with Crippen molar-refractivity contribution < 1.29 is 32.2 Å². The van der Waals surface area contributed by atoms with Crippen molar-refractivity contribution in [3.8, 4) is 17.2 Å². The molecular weight excluding hydrogens is 382 g/mol. The zero-order chi connectivity index (χ0) is 20.6. The van der Waals surface area contributed by atoms with E-state index in [2.05, 4.69) is 4.74 Å². The maximum Gasteiger partial charge on any atom is 0.387 e. The highest BCUT2D eigenvalue weighted by Gasteiger charge is 2.08. The number of ketones is 1. The number of rotatable bonds is 9. The summed E-state index contributed by atoms with van der Waals surface area (Å²) in [7, 11) is 1.59. The van der Waals surface area contributed by atoms with Gasteiger partial charge in [0.2, 0.25) is 0 Å². The second kappa shape index (κ2) is 9.54. The van der Waals surface area contributed by atoms with E-state index in [1.165, 1.54) is 36.4 Å². The lowest BCUT2D eigenvalue weighted by molar-refractivity contribution is -0.0498. The van der Waals surface area contributed by atoms with E-state index in [9.17, 15) is 13.6 Å². The molecule has 0 spiro atoms. The van der Waals surface area contributed by atoms with E-state index in [-0.39, 0.29) is 23.7 Å². The molecule has 0 amide bonds. The molecule has 1 aromatic heterocycles. The number of alkyl halides is 2. The van der Waals surface area contributed by atoms with Gasteiger partial charge in [0.1, 0.15) is 35.4 Å². The van der Waals surface area contributed by atoms with Crippen molar-refractivity contribution in [2.24, 2.45) is 0 Å². The summed E-state index contributed by atoms with van der Waals surface area (Å²) in [6.07, 6.45) is 2.80. The fourth-order valence-corrected chi connectivity index (χ4v) is 2.47. The monoisotopic (exact) mass is 400 g/mol. The largest absolute Gasteiger partial charge is 0.497 e. The molecule has 5 nitrogen and oxygen atoms in total. The number of carbonyl (C=O) groups excluding carboxylic acids is 1. The lowest BCUT2D eigenvalue weighted by Crippen LogP contribution is -2.03. The Labute approximate surface area is 166 Å². The van der Waals surface area contributed by atoms with Crippen LogP contribution >= 0.6 is 0 Å². The van der Waals surface area contributed by atoms with Gasteiger partial charge in [0, 0.05) is 5.56 Å². The van der Waals surface area contributed by atoms with E-state index in [0.29, 0.717) is 17.3 Å². The predicted octanol–water partition coefficient (Wildman–Crippen LogP) is 5.36. The van der Waals surface area contributed by atoms with Crippen LogP contribution in [0.4, 0.5) is 8.78 Å². The average Bonchev–Trinajstić information content (AvgIpc) is 3.18. The molecule has 3 aromatic rings. The Morgan fingerprint density at radius 2 is 1.79 bits per heavy atom. The van der Waals surface area contributed by atoms with Crippen LogP contribution in [0.2, 0.25) is 0 Å². The first-order valence-corrected chi connectivity index (χ1v) is 8.66. The van der Waals surface area contributed by atoms with Gasteiger partial charge in [-0.25, -0.2) is 0 Å². The van der Waals surface area contributed by atoms with E-state index in [4.69, 9.17) is 13.9 Å². The molecule has 3 rings (SSSR count). The van der Waals surface area contributed by atoms with Gasteiger partial charge in [-0.3, -0.25) is 4.79 Å². The molecule has 0 aliphatic heterocycles. The number of allylic oxidation sites excluding steroid dienone is 1.